The molecule has 0 heterocycles. The number of phenolic OH excluding ortho intramolecular Hbond substituents is 1. The maximum atomic E-state index is 9.63. The summed E-state index contributed by atoms with van der Waals surface area (Å²) < 4.78 is 0. The molecule has 0 bridgehead atoms. The summed E-state index contributed by atoms with van der Waals surface area (Å²) in [6, 6.07) is 4.73. The van der Waals surface area contributed by atoms with E-state index >= 15 is 0 Å². The minimum Gasteiger partial charge on any atom is -0.506 e. The highest BCUT2D eigenvalue weighted by Gasteiger charge is 2.07. The summed E-state index contributed by atoms with van der Waals surface area (Å²) in [4.78, 5) is 0. The van der Waals surface area contributed by atoms with Gasteiger partial charge in [-0.25, -0.2) is 0 Å². The van der Waals surface area contributed by atoms with Gasteiger partial charge in [-0.1, -0.05) is 6.08 Å². The van der Waals surface area contributed by atoms with Crippen LogP contribution in [0.25, 0.3) is 0 Å². The first-order chi connectivity index (χ1) is 8.56. The number of nitrogen functional groups attached to an aromatic ring is 1. The van der Waals surface area contributed by atoms with Crippen LogP contribution in [-0.2, 0) is 0 Å². The van der Waals surface area contributed by atoms with Gasteiger partial charge in [0, 0.05) is 11.8 Å². The lowest BCUT2D eigenvalue weighted by atomic mass is 10.1. The van der Waals surface area contributed by atoms with Gasteiger partial charge in [-0.15, -0.1) is 0 Å². The van der Waals surface area contributed by atoms with Crippen molar-refractivity contribution in [3.63, 3.8) is 0 Å². The lowest BCUT2D eigenvalue weighted by Crippen LogP contribution is -2.13. The van der Waals surface area contributed by atoms with E-state index < -0.39 is 0 Å². The van der Waals surface area contributed by atoms with Crippen molar-refractivity contribution >= 4 is 22.8 Å². The molecule has 0 spiro atoms. The number of hydrazone groups is 1. The SMILES string of the molecule is CC1=CC(=N)/C(=N\Nc2ccc(N)cc2O)C=C1. The third-order valence-corrected chi connectivity index (χ3v) is 2.47. The van der Waals surface area contributed by atoms with Crippen molar-refractivity contribution in [1.82, 2.24) is 0 Å². The molecule has 0 amide bonds. The molecule has 5 N–H and O–H groups in total. The van der Waals surface area contributed by atoms with Gasteiger partial charge < -0.3 is 10.8 Å². The molecule has 2 rings (SSSR count). The number of aromatic hydroxyl groups is 1. The first-order valence-corrected chi connectivity index (χ1v) is 5.44. The topological polar surface area (TPSA) is 94.5 Å². The quantitative estimate of drug-likeness (QED) is 0.277. The second kappa shape index (κ2) is 4.75. The lowest BCUT2D eigenvalue weighted by Gasteiger charge is -2.08. The molecule has 0 aromatic heterocycles. The fraction of sp³-hybridized carbons (Fsp3) is 0.0769. The van der Waals surface area contributed by atoms with E-state index in [1.165, 1.54) is 6.07 Å². The summed E-state index contributed by atoms with van der Waals surface area (Å²) in [5.41, 5.74) is 11.0. The van der Waals surface area contributed by atoms with Gasteiger partial charge in [-0.05, 0) is 36.8 Å². The van der Waals surface area contributed by atoms with E-state index in [0.717, 1.165) is 5.57 Å². The van der Waals surface area contributed by atoms with Gasteiger partial charge in [0.2, 0.25) is 0 Å². The highest BCUT2D eigenvalue weighted by atomic mass is 16.3. The summed E-state index contributed by atoms with van der Waals surface area (Å²) >= 11 is 0. The van der Waals surface area contributed by atoms with Crippen molar-refractivity contribution in [3.8, 4) is 5.75 Å². The van der Waals surface area contributed by atoms with Crippen molar-refractivity contribution in [1.29, 1.82) is 5.41 Å². The molecule has 1 aromatic rings. The average Bonchev–Trinajstić information content (AvgIpc) is 2.30. The highest BCUT2D eigenvalue weighted by molar-refractivity contribution is 6.50. The number of phenols is 1. The fourth-order valence-corrected chi connectivity index (χ4v) is 1.51. The maximum absolute atomic E-state index is 9.63. The Bertz CT molecular complexity index is 585. The van der Waals surface area contributed by atoms with Crippen LogP contribution in [0.2, 0.25) is 0 Å². The van der Waals surface area contributed by atoms with Gasteiger partial charge in [0.25, 0.3) is 0 Å². The van der Waals surface area contributed by atoms with Gasteiger partial charge in [0.05, 0.1) is 11.4 Å². The Morgan fingerprint density at radius 1 is 1.33 bits per heavy atom. The number of rotatable bonds is 2. The molecule has 0 fully saturated rings. The largest absolute Gasteiger partial charge is 0.506 e. The highest BCUT2D eigenvalue weighted by Crippen LogP contribution is 2.25. The summed E-state index contributed by atoms with van der Waals surface area (Å²) in [7, 11) is 0. The van der Waals surface area contributed by atoms with Crippen LogP contribution in [0.5, 0.6) is 5.75 Å². The third kappa shape index (κ3) is 2.57. The van der Waals surface area contributed by atoms with Gasteiger partial charge in [-0.3, -0.25) is 10.8 Å². The van der Waals surface area contributed by atoms with Crippen LogP contribution in [0.3, 0.4) is 0 Å². The molecule has 5 heteroatoms. The van der Waals surface area contributed by atoms with E-state index in [0.29, 0.717) is 22.8 Å². The van der Waals surface area contributed by atoms with E-state index in [1.54, 1.807) is 24.3 Å². The second-order valence-corrected chi connectivity index (χ2v) is 4.02. The number of allylic oxidation sites excluding steroid dienone is 4. The Morgan fingerprint density at radius 2 is 2.11 bits per heavy atom. The van der Waals surface area contributed by atoms with Crippen molar-refractivity contribution in [2.45, 2.75) is 6.92 Å². The van der Waals surface area contributed by atoms with Gasteiger partial charge in [0.1, 0.15) is 11.5 Å². The predicted octanol–water partition coefficient (Wildman–Crippen LogP) is 2.28. The van der Waals surface area contributed by atoms with Gasteiger partial charge >= 0.3 is 0 Å². The summed E-state index contributed by atoms with van der Waals surface area (Å²) in [5.74, 6) is 0.0254. The third-order valence-electron chi connectivity index (χ3n) is 2.47. The van der Waals surface area contributed by atoms with Crippen LogP contribution in [0.1, 0.15) is 6.92 Å². The number of anilines is 2. The number of nitrogens with one attached hydrogen (secondary N) is 2. The number of hydrogen-bond donors (Lipinski definition) is 4. The normalized spacial score (nSPS) is 16.8. The Labute approximate surface area is 105 Å². The van der Waals surface area contributed by atoms with E-state index in [1.807, 2.05) is 13.0 Å². The summed E-state index contributed by atoms with van der Waals surface area (Å²) in [5, 5.41) is 21.5. The maximum Gasteiger partial charge on any atom is 0.142 e. The van der Waals surface area contributed by atoms with E-state index in [4.69, 9.17) is 11.1 Å². The van der Waals surface area contributed by atoms with Gasteiger partial charge in [0.15, 0.2) is 0 Å². The Balaban J connectivity index is 2.17. The fourth-order valence-electron chi connectivity index (χ4n) is 1.51. The monoisotopic (exact) mass is 242 g/mol. The minimum atomic E-state index is 0.0254. The molecule has 92 valence electrons. The number of benzene rings is 1. The predicted molar refractivity (Wildman–Crippen MR) is 74.2 cm³/mol. The van der Waals surface area contributed by atoms with Gasteiger partial charge in [-0.2, -0.15) is 5.10 Å². The molecule has 1 aliphatic rings. The molecule has 0 saturated heterocycles. The average molecular weight is 242 g/mol. The smallest absolute Gasteiger partial charge is 0.142 e. The van der Waals surface area contributed by atoms with E-state index in [2.05, 4.69) is 10.5 Å². The lowest BCUT2D eigenvalue weighted by molar-refractivity contribution is 0.477. The number of nitrogens with two attached hydrogens (primary N) is 1. The van der Waals surface area contributed by atoms with Crippen molar-refractivity contribution in [2.24, 2.45) is 5.10 Å². The molecule has 0 radical (unpaired) electrons. The van der Waals surface area contributed by atoms with E-state index in [-0.39, 0.29) is 5.75 Å². The minimum absolute atomic E-state index is 0.0254. The first kappa shape index (κ1) is 11.9. The van der Waals surface area contributed by atoms with Crippen LogP contribution in [0.15, 0.2) is 47.1 Å². The molecular formula is C13H14N4O. The molecule has 1 aromatic carbocycles. The molecule has 0 atom stereocenters. The van der Waals surface area contributed by atoms with Crippen molar-refractivity contribution in [2.75, 3.05) is 11.2 Å². The van der Waals surface area contributed by atoms with Crippen LogP contribution in [-0.4, -0.2) is 16.5 Å². The molecule has 5 nitrogen and oxygen atoms in total. The standard InChI is InChI=1S/C13H14N4O/c1-8-2-4-11(10(15)6-8)16-17-12-5-3-9(14)7-13(12)18/h2-7,15,17-18H,14H2,1H3/b15-10?,16-11-. The molecule has 0 aliphatic heterocycles. The number of nitrogens with zero attached hydrogens (tertiary/aromatic N) is 1. The second-order valence-electron chi connectivity index (χ2n) is 4.02. The van der Waals surface area contributed by atoms with Crippen LogP contribution in [0.4, 0.5) is 11.4 Å². The zero-order valence-electron chi connectivity index (χ0n) is 9.94. The van der Waals surface area contributed by atoms with Crippen molar-refractivity contribution < 1.29 is 5.11 Å². The van der Waals surface area contributed by atoms with Crippen molar-refractivity contribution in [3.05, 3.63) is 42.0 Å². The molecule has 0 unspecified atom stereocenters. The zero-order valence-corrected chi connectivity index (χ0v) is 9.94. The van der Waals surface area contributed by atoms with Crippen LogP contribution in [0, 0.1) is 5.41 Å². The zero-order chi connectivity index (χ0) is 13.1. The summed E-state index contributed by atoms with van der Waals surface area (Å²) in [6.07, 6.45) is 5.35. The summed E-state index contributed by atoms with van der Waals surface area (Å²) in [6.45, 7) is 1.92. The molecular weight excluding hydrogens is 228 g/mol. The molecule has 1 aliphatic carbocycles. The Hall–Kier alpha value is -2.56. The van der Waals surface area contributed by atoms with Crippen LogP contribution < -0.4 is 11.2 Å². The first-order valence-electron chi connectivity index (χ1n) is 5.44. The Kier molecular flexibility index (Phi) is 3.14. The molecule has 0 saturated carbocycles. The van der Waals surface area contributed by atoms with E-state index in [9.17, 15) is 5.11 Å². The number of hydrogen-bond acceptors (Lipinski definition) is 5. The molecule has 18 heavy (non-hydrogen) atoms. The Morgan fingerprint density at radius 3 is 2.78 bits per heavy atom. The van der Waals surface area contributed by atoms with Crippen LogP contribution >= 0.6 is 0 Å².